The SMILES string of the molecule is COc1ccccc1N1CCN([C@H](c2cccs2)[C@@H](C)NS(=O)(=O)c2ccc(C)cc2)CC1. The molecule has 1 N–H and O–H groups in total. The molecule has 33 heavy (non-hydrogen) atoms. The van der Waals surface area contributed by atoms with Crippen LogP contribution in [0.5, 0.6) is 5.75 Å². The lowest BCUT2D eigenvalue weighted by Crippen LogP contribution is -2.52. The van der Waals surface area contributed by atoms with Gasteiger partial charge in [0.25, 0.3) is 0 Å². The first kappa shape index (κ1) is 23.8. The quantitative estimate of drug-likeness (QED) is 0.516. The molecule has 0 unspecified atom stereocenters. The zero-order chi connectivity index (χ0) is 23.4. The molecule has 2 aromatic carbocycles. The van der Waals surface area contributed by atoms with Crippen molar-refractivity contribution < 1.29 is 13.2 Å². The number of nitrogens with one attached hydrogen (secondary N) is 1. The van der Waals surface area contributed by atoms with Crippen molar-refractivity contribution in [3.8, 4) is 5.75 Å². The van der Waals surface area contributed by atoms with Gasteiger partial charge in [0.1, 0.15) is 5.75 Å². The van der Waals surface area contributed by atoms with Gasteiger partial charge < -0.3 is 9.64 Å². The summed E-state index contributed by atoms with van der Waals surface area (Å²) in [6.07, 6.45) is 0. The number of benzene rings is 2. The molecule has 1 aliphatic heterocycles. The van der Waals surface area contributed by atoms with Crippen LogP contribution in [-0.4, -0.2) is 52.6 Å². The van der Waals surface area contributed by atoms with Crippen LogP contribution in [0.2, 0.25) is 0 Å². The number of thiophene rings is 1. The van der Waals surface area contributed by atoms with Gasteiger partial charge in [0.05, 0.1) is 23.7 Å². The third kappa shape index (κ3) is 5.41. The first-order chi connectivity index (χ1) is 15.9. The third-order valence-corrected chi connectivity index (χ3v) is 8.63. The molecule has 0 amide bonds. The molecular weight excluding hydrogens is 454 g/mol. The van der Waals surface area contributed by atoms with Crippen molar-refractivity contribution in [3.63, 3.8) is 0 Å². The Hall–Kier alpha value is -2.39. The molecule has 2 atom stereocenters. The van der Waals surface area contributed by atoms with Gasteiger partial charge >= 0.3 is 0 Å². The monoisotopic (exact) mass is 485 g/mol. The number of sulfonamides is 1. The maximum atomic E-state index is 13.1. The number of para-hydroxylation sites is 2. The van der Waals surface area contributed by atoms with Gasteiger partial charge in [-0.3, -0.25) is 4.90 Å². The number of nitrogens with zero attached hydrogens (tertiary/aromatic N) is 2. The minimum atomic E-state index is -3.61. The van der Waals surface area contributed by atoms with Crippen LogP contribution in [0.25, 0.3) is 0 Å². The van der Waals surface area contributed by atoms with Crippen LogP contribution in [0, 0.1) is 6.92 Å². The summed E-state index contributed by atoms with van der Waals surface area (Å²) in [7, 11) is -1.91. The summed E-state index contributed by atoms with van der Waals surface area (Å²) in [5.41, 5.74) is 2.13. The lowest BCUT2D eigenvalue weighted by molar-refractivity contribution is 0.163. The van der Waals surface area contributed by atoms with Gasteiger partial charge in [-0.15, -0.1) is 11.3 Å². The summed E-state index contributed by atoms with van der Waals surface area (Å²) in [6, 6.07) is 18.9. The highest BCUT2D eigenvalue weighted by atomic mass is 32.2. The fourth-order valence-electron chi connectivity index (χ4n) is 4.43. The number of hydrogen-bond donors (Lipinski definition) is 1. The van der Waals surface area contributed by atoms with E-state index in [0.717, 1.165) is 43.2 Å². The lowest BCUT2D eigenvalue weighted by atomic mass is 10.1. The molecule has 1 fully saturated rings. The molecule has 0 saturated carbocycles. The third-order valence-electron chi connectivity index (χ3n) is 6.11. The molecule has 1 aliphatic rings. The van der Waals surface area contributed by atoms with Gasteiger partial charge in [0.15, 0.2) is 0 Å². The fraction of sp³-hybridized carbons (Fsp3) is 0.360. The molecule has 176 valence electrons. The topological polar surface area (TPSA) is 61.9 Å². The van der Waals surface area contributed by atoms with E-state index < -0.39 is 10.0 Å². The van der Waals surface area contributed by atoms with Crippen LogP contribution in [0.4, 0.5) is 5.69 Å². The van der Waals surface area contributed by atoms with E-state index in [-0.39, 0.29) is 12.1 Å². The summed E-state index contributed by atoms with van der Waals surface area (Å²) >= 11 is 1.67. The van der Waals surface area contributed by atoms with Crippen molar-refractivity contribution in [1.29, 1.82) is 0 Å². The average molecular weight is 486 g/mol. The van der Waals surface area contributed by atoms with Crippen LogP contribution >= 0.6 is 11.3 Å². The maximum Gasteiger partial charge on any atom is 0.240 e. The Balaban J connectivity index is 1.51. The van der Waals surface area contributed by atoms with E-state index in [0.29, 0.717) is 4.90 Å². The number of methoxy groups -OCH3 is 1. The van der Waals surface area contributed by atoms with Crippen molar-refractivity contribution in [1.82, 2.24) is 9.62 Å². The van der Waals surface area contributed by atoms with Crippen molar-refractivity contribution in [2.45, 2.75) is 30.8 Å². The van der Waals surface area contributed by atoms with Gasteiger partial charge in [-0.1, -0.05) is 35.9 Å². The molecule has 1 aromatic heterocycles. The Morgan fingerprint density at radius 1 is 0.970 bits per heavy atom. The van der Waals surface area contributed by atoms with Crippen molar-refractivity contribution in [3.05, 3.63) is 76.5 Å². The van der Waals surface area contributed by atoms with E-state index >= 15 is 0 Å². The largest absolute Gasteiger partial charge is 0.495 e. The number of hydrogen-bond acceptors (Lipinski definition) is 6. The van der Waals surface area contributed by atoms with Gasteiger partial charge in [0.2, 0.25) is 10.0 Å². The Bertz CT molecular complexity index is 1140. The fourth-order valence-corrected chi connectivity index (χ4v) is 6.64. The number of ether oxygens (including phenoxy) is 1. The van der Waals surface area contributed by atoms with E-state index in [9.17, 15) is 8.42 Å². The molecule has 1 saturated heterocycles. The molecule has 3 aromatic rings. The second-order valence-electron chi connectivity index (χ2n) is 8.38. The Labute approximate surface area is 200 Å². The molecule has 4 rings (SSSR count). The summed E-state index contributed by atoms with van der Waals surface area (Å²) in [5, 5.41) is 2.05. The molecule has 2 heterocycles. The number of piperazine rings is 1. The van der Waals surface area contributed by atoms with Gasteiger partial charge in [-0.2, -0.15) is 0 Å². The second kappa shape index (κ2) is 10.3. The van der Waals surface area contributed by atoms with Crippen LogP contribution in [0.3, 0.4) is 0 Å². The first-order valence-corrected chi connectivity index (χ1v) is 13.5. The Morgan fingerprint density at radius 3 is 2.30 bits per heavy atom. The van der Waals surface area contributed by atoms with Crippen LogP contribution in [-0.2, 0) is 10.0 Å². The Kier molecular flexibility index (Phi) is 7.38. The minimum absolute atomic E-state index is 0.0370. The van der Waals surface area contributed by atoms with Crippen LogP contribution in [0.15, 0.2) is 70.9 Å². The van der Waals surface area contributed by atoms with Gasteiger partial charge in [0, 0.05) is 37.1 Å². The van der Waals surface area contributed by atoms with Crippen molar-refractivity contribution in [2.75, 3.05) is 38.2 Å². The highest BCUT2D eigenvalue weighted by Gasteiger charge is 2.33. The van der Waals surface area contributed by atoms with Crippen LogP contribution in [0.1, 0.15) is 23.4 Å². The number of aryl methyl sites for hydroxylation is 1. The molecule has 6 nitrogen and oxygen atoms in total. The molecule has 0 bridgehead atoms. The summed E-state index contributed by atoms with van der Waals surface area (Å²) in [5.74, 6) is 0.875. The van der Waals surface area contributed by atoms with E-state index in [2.05, 4.69) is 32.0 Å². The van der Waals surface area contributed by atoms with E-state index in [4.69, 9.17) is 4.74 Å². The second-order valence-corrected chi connectivity index (χ2v) is 11.1. The molecule has 0 aliphatic carbocycles. The number of rotatable bonds is 8. The lowest BCUT2D eigenvalue weighted by Gasteiger charge is -2.42. The highest BCUT2D eigenvalue weighted by molar-refractivity contribution is 7.89. The van der Waals surface area contributed by atoms with Crippen molar-refractivity contribution in [2.24, 2.45) is 0 Å². The summed E-state index contributed by atoms with van der Waals surface area (Å²) in [4.78, 5) is 6.19. The first-order valence-electron chi connectivity index (χ1n) is 11.1. The van der Waals surface area contributed by atoms with Crippen molar-refractivity contribution >= 4 is 27.0 Å². The standard InChI is InChI=1S/C25H31N3O3S2/c1-19-10-12-21(13-11-19)33(29,30)26-20(2)25(24-9-6-18-32-24)28-16-14-27(15-17-28)22-7-4-5-8-23(22)31-3/h4-13,18,20,25-26H,14-17H2,1-3H3/t20-,25+/m1/s1. The number of anilines is 1. The highest BCUT2D eigenvalue weighted by Crippen LogP contribution is 2.33. The summed E-state index contributed by atoms with van der Waals surface area (Å²) < 4.78 is 34.6. The smallest absolute Gasteiger partial charge is 0.240 e. The molecule has 0 spiro atoms. The normalized spacial score (nSPS) is 17.0. The minimum Gasteiger partial charge on any atom is -0.495 e. The van der Waals surface area contributed by atoms with Gasteiger partial charge in [-0.25, -0.2) is 13.1 Å². The molecular formula is C25H31N3O3S2. The Morgan fingerprint density at radius 2 is 1.67 bits per heavy atom. The van der Waals surface area contributed by atoms with Gasteiger partial charge in [-0.05, 0) is 49.6 Å². The van der Waals surface area contributed by atoms with E-state index in [1.54, 1.807) is 30.6 Å². The zero-order valence-corrected chi connectivity index (χ0v) is 20.9. The molecule has 8 heteroatoms. The predicted octanol–water partition coefficient (Wildman–Crippen LogP) is 4.30. The van der Waals surface area contributed by atoms with E-state index in [1.165, 1.54) is 4.88 Å². The molecule has 0 radical (unpaired) electrons. The average Bonchev–Trinajstić information content (AvgIpc) is 3.34. The maximum absolute atomic E-state index is 13.1. The van der Waals surface area contributed by atoms with E-state index in [1.807, 2.05) is 50.2 Å². The van der Waals surface area contributed by atoms with Crippen LogP contribution < -0.4 is 14.4 Å². The summed E-state index contributed by atoms with van der Waals surface area (Å²) in [6.45, 7) is 7.26. The zero-order valence-electron chi connectivity index (χ0n) is 19.3. The predicted molar refractivity (Wildman–Crippen MR) is 135 cm³/mol.